The van der Waals surface area contributed by atoms with E-state index in [1.807, 2.05) is 24.3 Å². The lowest BCUT2D eigenvalue weighted by Gasteiger charge is -2.24. The lowest BCUT2D eigenvalue weighted by atomic mass is 9.86. The SMILES string of the molecule is O=C(O)C1(CNc2ncnc3ccccc23)CCCC1. The van der Waals surface area contributed by atoms with Crippen LogP contribution in [0.15, 0.2) is 30.6 Å². The van der Waals surface area contributed by atoms with Crippen molar-refractivity contribution < 1.29 is 9.90 Å². The first kappa shape index (κ1) is 12.8. The Labute approximate surface area is 117 Å². The number of hydrogen-bond donors (Lipinski definition) is 2. The molecular formula is C15H17N3O2. The second-order valence-corrected chi connectivity index (χ2v) is 5.39. The average Bonchev–Trinajstić information content (AvgIpc) is 2.95. The molecule has 2 N–H and O–H groups in total. The molecule has 1 saturated carbocycles. The predicted molar refractivity (Wildman–Crippen MR) is 76.6 cm³/mol. The number of aromatic nitrogens is 2. The molecule has 5 heteroatoms. The molecule has 0 bridgehead atoms. The van der Waals surface area contributed by atoms with Gasteiger partial charge in [-0.3, -0.25) is 4.79 Å². The van der Waals surface area contributed by atoms with Gasteiger partial charge in [0, 0.05) is 11.9 Å². The molecule has 2 aromatic rings. The van der Waals surface area contributed by atoms with Crippen LogP contribution in [0.2, 0.25) is 0 Å². The molecule has 104 valence electrons. The van der Waals surface area contributed by atoms with Crippen molar-refractivity contribution in [1.82, 2.24) is 9.97 Å². The molecule has 1 fully saturated rings. The Bertz CT molecular complexity index is 631. The zero-order valence-electron chi connectivity index (χ0n) is 11.2. The first-order valence-electron chi connectivity index (χ1n) is 6.88. The zero-order valence-corrected chi connectivity index (χ0v) is 11.2. The molecule has 0 aliphatic heterocycles. The minimum Gasteiger partial charge on any atom is -0.481 e. The number of nitrogens with one attached hydrogen (secondary N) is 1. The number of anilines is 1. The molecular weight excluding hydrogens is 254 g/mol. The molecule has 0 radical (unpaired) electrons. The summed E-state index contributed by atoms with van der Waals surface area (Å²) in [6.45, 7) is 0.420. The number of hydrogen-bond acceptors (Lipinski definition) is 4. The van der Waals surface area contributed by atoms with Gasteiger partial charge < -0.3 is 10.4 Å². The number of para-hydroxylation sites is 1. The van der Waals surface area contributed by atoms with Gasteiger partial charge in [0.1, 0.15) is 12.1 Å². The number of aliphatic carboxylic acids is 1. The van der Waals surface area contributed by atoms with Crippen LogP contribution in [0.4, 0.5) is 5.82 Å². The third-order valence-corrected chi connectivity index (χ3v) is 4.15. The van der Waals surface area contributed by atoms with Gasteiger partial charge in [-0.1, -0.05) is 25.0 Å². The van der Waals surface area contributed by atoms with Crippen molar-refractivity contribution in [3.05, 3.63) is 30.6 Å². The summed E-state index contributed by atoms with van der Waals surface area (Å²) in [5, 5.41) is 13.6. The molecule has 1 heterocycles. The van der Waals surface area contributed by atoms with Gasteiger partial charge in [0.2, 0.25) is 0 Å². The van der Waals surface area contributed by atoms with Gasteiger partial charge in [-0.15, -0.1) is 0 Å². The van der Waals surface area contributed by atoms with E-state index in [4.69, 9.17) is 0 Å². The minimum absolute atomic E-state index is 0.420. The average molecular weight is 271 g/mol. The second kappa shape index (κ2) is 5.07. The van der Waals surface area contributed by atoms with E-state index < -0.39 is 11.4 Å². The van der Waals surface area contributed by atoms with Gasteiger partial charge in [-0.2, -0.15) is 0 Å². The fourth-order valence-corrected chi connectivity index (χ4v) is 2.92. The predicted octanol–water partition coefficient (Wildman–Crippen LogP) is 2.69. The topological polar surface area (TPSA) is 75.1 Å². The number of nitrogens with zero attached hydrogens (tertiary/aromatic N) is 2. The van der Waals surface area contributed by atoms with Crippen LogP contribution in [0.5, 0.6) is 0 Å². The Morgan fingerprint density at radius 1 is 1.25 bits per heavy atom. The maximum absolute atomic E-state index is 11.5. The third-order valence-electron chi connectivity index (χ3n) is 4.15. The van der Waals surface area contributed by atoms with Crippen molar-refractivity contribution in [3.63, 3.8) is 0 Å². The molecule has 0 saturated heterocycles. The smallest absolute Gasteiger partial charge is 0.311 e. The number of rotatable bonds is 4. The monoisotopic (exact) mass is 271 g/mol. The van der Waals surface area contributed by atoms with Crippen LogP contribution in [0.25, 0.3) is 10.9 Å². The molecule has 0 amide bonds. The van der Waals surface area contributed by atoms with Crippen molar-refractivity contribution in [2.75, 3.05) is 11.9 Å². The van der Waals surface area contributed by atoms with E-state index in [0.29, 0.717) is 12.4 Å². The number of fused-ring (bicyclic) bond motifs is 1. The van der Waals surface area contributed by atoms with Crippen molar-refractivity contribution in [3.8, 4) is 0 Å². The number of carbonyl (C=O) groups is 1. The maximum Gasteiger partial charge on any atom is 0.311 e. The van der Waals surface area contributed by atoms with Gasteiger partial charge >= 0.3 is 5.97 Å². The van der Waals surface area contributed by atoms with Crippen LogP contribution < -0.4 is 5.32 Å². The van der Waals surface area contributed by atoms with E-state index >= 15 is 0 Å². The highest BCUT2D eigenvalue weighted by Gasteiger charge is 2.41. The summed E-state index contributed by atoms with van der Waals surface area (Å²) in [5.41, 5.74) is 0.215. The second-order valence-electron chi connectivity index (χ2n) is 5.39. The van der Waals surface area contributed by atoms with Gasteiger partial charge in [-0.25, -0.2) is 9.97 Å². The maximum atomic E-state index is 11.5. The largest absolute Gasteiger partial charge is 0.481 e. The molecule has 0 unspecified atom stereocenters. The molecule has 3 rings (SSSR count). The zero-order chi connectivity index (χ0) is 14.0. The number of carboxylic acids is 1. The lowest BCUT2D eigenvalue weighted by Crippen LogP contribution is -2.35. The van der Waals surface area contributed by atoms with Gasteiger partial charge in [-0.05, 0) is 25.0 Å². The van der Waals surface area contributed by atoms with E-state index in [2.05, 4.69) is 15.3 Å². The normalized spacial score (nSPS) is 17.2. The van der Waals surface area contributed by atoms with Crippen molar-refractivity contribution in [2.45, 2.75) is 25.7 Å². The Hall–Kier alpha value is -2.17. The van der Waals surface area contributed by atoms with Gasteiger partial charge in [0.15, 0.2) is 0 Å². The Balaban J connectivity index is 1.85. The Kier molecular flexibility index (Phi) is 3.26. The fourth-order valence-electron chi connectivity index (χ4n) is 2.92. The van der Waals surface area contributed by atoms with Crippen molar-refractivity contribution in [2.24, 2.45) is 5.41 Å². The van der Waals surface area contributed by atoms with E-state index in [-0.39, 0.29) is 0 Å². The fraction of sp³-hybridized carbons (Fsp3) is 0.400. The van der Waals surface area contributed by atoms with E-state index in [1.165, 1.54) is 6.33 Å². The lowest BCUT2D eigenvalue weighted by molar-refractivity contribution is -0.147. The van der Waals surface area contributed by atoms with E-state index in [0.717, 1.165) is 36.6 Å². The van der Waals surface area contributed by atoms with Crippen molar-refractivity contribution in [1.29, 1.82) is 0 Å². The highest BCUT2D eigenvalue weighted by molar-refractivity contribution is 5.89. The van der Waals surface area contributed by atoms with Gasteiger partial charge in [0.25, 0.3) is 0 Å². The summed E-state index contributed by atoms with van der Waals surface area (Å²) in [7, 11) is 0. The molecule has 1 aromatic heterocycles. The molecule has 1 aliphatic rings. The van der Waals surface area contributed by atoms with Gasteiger partial charge in [0.05, 0.1) is 10.9 Å². The van der Waals surface area contributed by atoms with Crippen LogP contribution in [0.1, 0.15) is 25.7 Å². The summed E-state index contributed by atoms with van der Waals surface area (Å²) in [5.74, 6) is 0.00369. The highest BCUT2D eigenvalue weighted by atomic mass is 16.4. The van der Waals surface area contributed by atoms with Crippen LogP contribution >= 0.6 is 0 Å². The van der Waals surface area contributed by atoms with Crippen LogP contribution in [-0.4, -0.2) is 27.6 Å². The molecule has 1 aliphatic carbocycles. The molecule has 1 aromatic carbocycles. The van der Waals surface area contributed by atoms with E-state index in [1.54, 1.807) is 0 Å². The van der Waals surface area contributed by atoms with Crippen LogP contribution in [0.3, 0.4) is 0 Å². The molecule has 20 heavy (non-hydrogen) atoms. The van der Waals surface area contributed by atoms with Crippen LogP contribution in [-0.2, 0) is 4.79 Å². The summed E-state index contributed by atoms with van der Waals surface area (Å²) < 4.78 is 0. The minimum atomic E-state index is -0.708. The van der Waals surface area contributed by atoms with Crippen LogP contribution in [0, 0.1) is 5.41 Å². The Morgan fingerprint density at radius 3 is 2.75 bits per heavy atom. The Morgan fingerprint density at radius 2 is 2.00 bits per heavy atom. The molecule has 5 nitrogen and oxygen atoms in total. The summed E-state index contributed by atoms with van der Waals surface area (Å²) in [6, 6.07) is 7.72. The van der Waals surface area contributed by atoms with E-state index in [9.17, 15) is 9.90 Å². The number of benzene rings is 1. The first-order valence-corrected chi connectivity index (χ1v) is 6.88. The quantitative estimate of drug-likeness (QED) is 0.894. The summed E-state index contributed by atoms with van der Waals surface area (Å²) >= 11 is 0. The number of carboxylic acid groups (broad SMARTS) is 1. The third kappa shape index (κ3) is 2.19. The standard InChI is InChI=1S/C15H17N3O2/c19-14(20)15(7-3-4-8-15)9-16-13-11-5-1-2-6-12(11)17-10-18-13/h1-2,5-6,10H,3-4,7-9H2,(H,19,20)(H,16,17,18). The summed E-state index contributed by atoms with van der Waals surface area (Å²) in [6.07, 6.45) is 4.94. The summed E-state index contributed by atoms with van der Waals surface area (Å²) in [4.78, 5) is 20.0. The highest BCUT2D eigenvalue weighted by Crippen LogP contribution is 2.38. The molecule has 0 spiro atoms. The first-order chi connectivity index (χ1) is 9.71. The van der Waals surface area contributed by atoms with Crippen molar-refractivity contribution >= 4 is 22.7 Å². The molecule has 0 atom stereocenters.